The molecule has 0 aliphatic carbocycles. The molecule has 0 saturated heterocycles. The zero-order chi connectivity index (χ0) is 10.7. The Bertz CT molecular complexity index is 143. The molecular formula is C8H16O5. The van der Waals surface area contributed by atoms with Gasteiger partial charge in [-0.1, -0.05) is 0 Å². The highest BCUT2D eigenvalue weighted by Crippen LogP contribution is 1.71. The van der Waals surface area contributed by atoms with E-state index in [1.165, 1.54) is 13.8 Å². The summed E-state index contributed by atoms with van der Waals surface area (Å²) in [5.74, 6) is -0.563. The van der Waals surface area contributed by atoms with Crippen molar-refractivity contribution in [3.63, 3.8) is 0 Å². The van der Waals surface area contributed by atoms with Crippen LogP contribution in [0.4, 0.5) is 0 Å². The van der Waals surface area contributed by atoms with Gasteiger partial charge in [0.1, 0.15) is 6.61 Å². The van der Waals surface area contributed by atoms with Crippen LogP contribution >= 0.6 is 0 Å². The average Bonchev–Trinajstić information content (AvgIpc) is 2.01. The SMILES string of the molecule is CC(=O)OCCO.CCOC(C)=O. The molecule has 0 aliphatic rings. The molecule has 78 valence electrons. The van der Waals surface area contributed by atoms with Gasteiger partial charge in [-0.15, -0.1) is 0 Å². The Morgan fingerprint density at radius 2 is 1.62 bits per heavy atom. The molecule has 1 N–H and O–H groups in total. The highest BCUT2D eigenvalue weighted by Gasteiger charge is 1.86. The quantitative estimate of drug-likeness (QED) is 0.642. The topological polar surface area (TPSA) is 72.8 Å². The third kappa shape index (κ3) is 24.8. The number of hydrogen-bond acceptors (Lipinski definition) is 5. The van der Waals surface area contributed by atoms with E-state index in [4.69, 9.17) is 5.11 Å². The Labute approximate surface area is 77.6 Å². The first-order valence-corrected chi connectivity index (χ1v) is 3.92. The Hall–Kier alpha value is -1.10. The number of esters is 2. The molecule has 0 bridgehead atoms. The summed E-state index contributed by atoms with van der Waals surface area (Å²) in [6.45, 7) is 4.96. The number of rotatable bonds is 3. The maximum Gasteiger partial charge on any atom is 0.302 e. The summed E-state index contributed by atoms with van der Waals surface area (Å²) in [4.78, 5) is 19.7. The molecule has 0 fully saturated rings. The third-order valence-electron chi connectivity index (χ3n) is 0.744. The van der Waals surface area contributed by atoms with Crippen LogP contribution in [0.25, 0.3) is 0 Å². The molecule has 0 aromatic heterocycles. The van der Waals surface area contributed by atoms with E-state index in [-0.39, 0.29) is 25.2 Å². The van der Waals surface area contributed by atoms with Gasteiger partial charge in [-0.2, -0.15) is 0 Å². The van der Waals surface area contributed by atoms with Crippen LogP contribution in [0.3, 0.4) is 0 Å². The normalized spacial score (nSPS) is 8.00. The standard InChI is InChI=1S/C4H8O3.C4H8O2/c1-4(6)7-3-2-5;1-3-6-4(2)5/h5H,2-3H2,1H3;3H2,1-2H3. The van der Waals surface area contributed by atoms with Gasteiger partial charge in [-0.25, -0.2) is 0 Å². The molecule has 0 aromatic carbocycles. The fraction of sp³-hybridized carbons (Fsp3) is 0.750. The van der Waals surface area contributed by atoms with Crippen LogP contribution in [0.5, 0.6) is 0 Å². The monoisotopic (exact) mass is 192 g/mol. The number of aliphatic hydroxyl groups is 1. The Morgan fingerprint density at radius 3 is 1.69 bits per heavy atom. The first kappa shape index (κ1) is 14.4. The van der Waals surface area contributed by atoms with Crippen molar-refractivity contribution in [3.05, 3.63) is 0 Å². The van der Waals surface area contributed by atoms with E-state index in [2.05, 4.69) is 9.47 Å². The van der Waals surface area contributed by atoms with Crippen molar-refractivity contribution in [3.8, 4) is 0 Å². The van der Waals surface area contributed by atoms with Gasteiger partial charge in [0, 0.05) is 13.8 Å². The molecule has 13 heavy (non-hydrogen) atoms. The Morgan fingerprint density at radius 1 is 1.15 bits per heavy atom. The zero-order valence-corrected chi connectivity index (χ0v) is 8.20. The van der Waals surface area contributed by atoms with Crippen molar-refractivity contribution in [1.82, 2.24) is 0 Å². The van der Waals surface area contributed by atoms with E-state index in [1.54, 1.807) is 6.92 Å². The van der Waals surface area contributed by atoms with Crippen LogP contribution in [-0.4, -0.2) is 36.9 Å². The predicted octanol–water partition coefficient (Wildman–Crippen LogP) is 0.111. The van der Waals surface area contributed by atoms with E-state index in [9.17, 15) is 9.59 Å². The van der Waals surface area contributed by atoms with Crippen molar-refractivity contribution < 1.29 is 24.2 Å². The van der Waals surface area contributed by atoms with E-state index in [1.807, 2.05) is 0 Å². The zero-order valence-electron chi connectivity index (χ0n) is 8.20. The third-order valence-corrected chi connectivity index (χ3v) is 0.744. The summed E-state index contributed by atoms with van der Waals surface area (Å²) in [5, 5.41) is 8.04. The predicted molar refractivity (Wildman–Crippen MR) is 46.0 cm³/mol. The average molecular weight is 192 g/mol. The van der Waals surface area contributed by atoms with E-state index >= 15 is 0 Å². The lowest BCUT2D eigenvalue weighted by Gasteiger charge is -1.93. The van der Waals surface area contributed by atoms with E-state index in [0.717, 1.165) is 0 Å². The molecule has 5 nitrogen and oxygen atoms in total. The van der Waals surface area contributed by atoms with Gasteiger partial charge >= 0.3 is 11.9 Å². The molecule has 0 rings (SSSR count). The Balaban J connectivity index is 0. The van der Waals surface area contributed by atoms with Gasteiger partial charge in [0.05, 0.1) is 13.2 Å². The minimum Gasteiger partial charge on any atom is -0.466 e. The second-order valence-corrected chi connectivity index (χ2v) is 1.99. The van der Waals surface area contributed by atoms with Crippen molar-refractivity contribution in [2.75, 3.05) is 19.8 Å². The number of hydrogen-bond donors (Lipinski definition) is 1. The summed E-state index contributed by atoms with van der Waals surface area (Å²) in [7, 11) is 0. The van der Waals surface area contributed by atoms with Crippen molar-refractivity contribution in [2.45, 2.75) is 20.8 Å². The number of ether oxygens (including phenoxy) is 2. The number of carbonyl (C=O) groups excluding carboxylic acids is 2. The van der Waals surface area contributed by atoms with Gasteiger partial charge < -0.3 is 14.6 Å². The second-order valence-electron chi connectivity index (χ2n) is 1.99. The number of carbonyl (C=O) groups is 2. The summed E-state index contributed by atoms with van der Waals surface area (Å²) in [6, 6.07) is 0. The van der Waals surface area contributed by atoms with Crippen LogP contribution in [0, 0.1) is 0 Å². The van der Waals surface area contributed by atoms with Gasteiger partial charge in [0.25, 0.3) is 0 Å². The van der Waals surface area contributed by atoms with Crippen LogP contribution < -0.4 is 0 Å². The molecule has 0 heterocycles. The minimum atomic E-state index is -0.353. The Kier molecular flexibility index (Phi) is 12.1. The lowest BCUT2D eigenvalue weighted by atomic mass is 10.7. The second kappa shape index (κ2) is 10.9. The van der Waals surface area contributed by atoms with Crippen LogP contribution in [0.1, 0.15) is 20.8 Å². The molecule has 0 atom stereocenters. The van der Waals surface area contributed by atoms with Gasteiger partial charge in [-0.3, -0.25) is 9.59 Å². The fourth-order valence-electron chi connectivity index (χ4n) is 0.393. The van der Waals surface area contributed by atoms with E-state index in [0.29, 0.717) is 6.61 Å². The van der Waals surface area contributed by atoms with E-state index < -0.39 is 0 Å². The number of aliphatic hydroxyl groups excluding tert-OH is 1. The highest BCUT2D eigenvalue weighted by molar-refractivity contribution is 5.66. The van der Waals surface area contributed by atoms with Gasteiger partial charge in [-0.05, 0) is 6.92 Å². The van der Waals surface area contributed by atoms with Crippen LogP contribution in [-0.2, 0) is 19.1 Å². The van der Waals surface area contributed by atoms with Gasteiger partial charge in [0.2, 0.25) is 0 Å². The molecular weight excluding hydrogens is 176 g/mol. The summed E-state index contributed by atoms with van der Waals surface area (Å²) >= 11 is 0. The lowest BCUT2D eigenvalue weighted by molar-refractivity contribution is -0.142. The minimum absolute atomic E-state index is 0.0976. The highest BCUT2D eigenvalue weighted by atomic mass is 16.5. The molecule has 0 amide bonds. The van der Waals surface area contributed by atoms with Crippen molar-refractivity contribution >= 4 is 11.9 Å². The lowest BCUT2D eigenvalue weighted by Crippen LogP contribution is -2.03. The van der Waals surface area contributed by atoms with Crippen molar-refractivity contribution in [2.24, 2.45) is 0 Å². The van der Waals surface area contributed by atoms with Crippen LogP contribution in [0.15, 0.2) is 0 Å². The molecule has 0 aliphatic heterocycles. The summed E-state index contributed by atoms with van der Waals surface area (Å²) < 4.78 is 8.70. The van der Waals surface area contributed by atoms with Crippen LogP contribution in [0.2, 0.25) is 0 Å². The molecule has 0 radical (unpaired) electrons. The molecule has 0 saturated carbocycles. The maximum absolute atomic E-state index is 9.87. The van der Waals surface area contributed by atoms with Crippen molar-refractivity contribution in [1.29, 1.82) is 0 Å². The smallest absolute Gasteiger partial charge is 0.302 e. The van der Waals surface area contributed by atoms with Gasteiger partial charge in [0.15, 0.2) is 0 Å². The molecule has 0 spiro atoms. The summed E-state index contributed by atoms with van der Waals surface area (Å²) in [5.41, 5.74) is 0. The first-order chi connectivity index (χ1) is 6.04. The fourth-order valence-corrected chi connectivity index (χ4v) is 0.393. The maximum atomic E-state index is 9.87. The molecule has 0 aromatic rings. The molecule has 0 unspecified atom stereocenters. The first-order valence-electron chi connectivity index (χ1n) is 3.92. The largest absolute Gasteiger partial charge is 0.466 e. The molecule has 5 heteroatoms. The summed E-state index contributed by atoms with van der Waals surface area (Å²) in [6.07, 6.45) is 0.